The number of carbonyl (C=O) groups excluding carboxylic acids is 1. The van der Waals surface area contributed by atoms with Crippen LogP contribution in [-0.2, 0) is 6.54 Å². The first kappa shape index (κ1) is 13.0. The molecule has 20 heavy (non-hydrogen) atoms. The molecule has 0 spiro atoms. The monoisotopic (exact) mass is 305 g/mol. The molecule has 0 aliphatic rings. The van der Waals surface area contributed by atoms with Crippen molar-refractivity contribution < 1.29 is 9.21 Å². The molecule has 7 heteroatoms. The third-order valence-electron chi connectivity index (χ3n) is 2.74. The number of oxazole rings is 1. The van der Waals surface area contributed by atoms with Gasteiger partial charge in [-0.1, -0.05) is 6.07 Å². The van der Waals surface area contributed by atoms with Gasteiger partial charge in [-0.25, -0.2) is 9.97 Å². The van der Waals surface area contributed by atoms with Gasteiger partial charge in [-0.3, -0.25) is 4.79 Å². The molecule has 0 N–H and O–H groups in total. The van der Waals surface area contributed by atoms with Gasteiger partial charge in [-0.15, -0.1) is 22.7 Å². The molecule has 0 saturated carbocycles. The summed E-state index contributed by atoms with van der Waals surface area (Å²) < 4.78 is 5.35. The lowest BCUT2D eigenvalue weighted by Gasteiger charge is -2.14. The van der Waals surface area contributed by atoms with Crippen molar-refractivity contribution in [2.24, 2.45) is 0 Å². The summed E-state index contributed by atoms with van der Waals surface area (Å²) in [4.78, 5) is 23.1. The predicted octanol–water partition coefficient (Wildman–Crippen LogP) is 3.13. The fraction of sp³-hybridized carbons (Fsp3) is 0.154. The molecule has 0 aromatic carbocycles. The van der Waals surface area contributed by atoms with Crippen LogP contribution in [0, 0.1) is 0 Å². The molecule has 3 heterocycles. The van der Waals surface area contributed by atoms with E-state index in [1.165, 1.54) is 29.1 Å². The zero-order valence-corrected chi connectivity index (χ0v) is 12.3. The van der Waals surface area contributed by atoms with Gasteiger partial charge in [-0.2, -0.15) is 0 Å². The van der Waals surface area contributed by atoms with Gasteiger partial charge in [0.2, 0.25) is 0 Å². The van der Waals surface area contributed by atoms with Crippen molar-refractivity contribution in [1.29, 1.82) is 0 Å². The Morgan fingerprint density at radius 2 is 2.35 bits per heavy atom. The minimum atomic E-state index is -0.171. The Hall–Kier alpha value is -1.99. The lowest BCUT2D eigenvalue weighted by Crippen LogP contribution is -2.27. The Balaban J connectivity index is 1.82. The highest BCUT2D eigenvalue weighted by atomic mass is 32.1. The standard InChI is InChI=1S/C13H11N3O2S2/c1-16(5-9-6-19-8-15-9)13(17)11-12(18-7-14-11)10-3-2-4-20-10/h2-4,6-8H,5H2,1H3. The van der Waals surface area contributed by atoms with Crippen LogP contribution in [-0.4, -0.2) is 27.8 Å². The Bertz CT molecular complexity index is 689. The van der Waals surface area contributed by atoms with E-state index in [4.69, 9.17) is 4.42 Å². The van der Waals surface area contributed by atoms with Crippen molar-refractivity contribution in [3.63, 3.8) is 0 Å². The first-order chi connectivity index (χ1) is 9.75. The lowest BCUT2D eigenvalue weighted by molar-refractivity contribution is 0.0779. The van der Waals surface area contributed by atoms with Gasteiger partial charge in [-0.05, 0) is 11.4 Å². The molecule has 3 aromatic heterocycles. The third kappa shape index (κ3) is 2.50. The maximum atomic E-state index is 12.4. The van der Waals surface area contributed by atoms with Crippen LogP contribution in [0.2, 0.25) is 0 Å². The van der Waals surface area contributed by atoms with Gasteiger partial charge in [0.25, 0.3) is 5.91 Å². The van der Waals surface area contributed by atoms with Gasteiger partial charge in [0.1, 0.15) is 0 Å². The summed E-state index contributed by atoms with van der Waals surface area (Å²) in [5, 5.41) is 3.86. The molecule has 3 rings (SSSR count). The highest BCUT2D eigenvalue weighted by Crippen LogP contribution is 2.28. The van der Waals surface area contributed by atoms with E-state index in [0.717, 1.165) is 10.6 Å². The quantitative estimate of drug-likeness (QED) is 0.743. The average Bonchev–Trinajstić information content (AvgIpc) is 3.18. The van der Waals surface area contributed by atoms with Crippen LogP contribution in [0.4, 0.5) is 0 Å². The van der Waals surface area contributed by atoms with Crippen molar-refractivity contribution >= 4 is 28.6 Å². The molecule has 3 aromatic rings. The number of nitrogens with zero attached hydrogens (tertiary/aromatic N) is 3. The second-order valence-corrected chi connectivity index (χ2v) is 5.81. The summed E-state index contributed by atoms with van der Waals surface area (Å²) >= 11 is 3.02. The number of aromatic nitrogens is 2. The molecular weight excluding hydrogens is 294 g/mol. The Kier molecular flexibility index (Phi) is 3.62. The molecule has 0 aliphatic carbocycles. The Morgan fingerprint density at radius 1 is 1.45 bits per heavy atom. The fourth-order valence-electron chi connectivity index (χ4n) is 1.79. The number of hydrogen-bond donors (Lipinski definition) is 0. The normalized spacial score (nSPS) is 10.7. The third-order valence-corrected chi connectivity index (χ3v) is 4.25. The zero-order valence-electron chi connectivity index (χ0n) is 10.6. The summed E-state index contributed by atoms with van der Waals surface area (Å²) in [7, 11) is 1.73. The smallest absolute Gasteiger partial charge is 0.276 e. The van der Waals surface area contributed by atoms with E-state index < -0.39 is 0 Å². The molecule has 0 atom stereocenters. The summed E-state index contributed by atoms with van der Waals surface area (Å²) in [5.74, 6) is 0.352. The van der Waals surface area contributed by atoms with Gasteiger partial charge in [0, 0.05) is 12.4 Å². The SMILES string of the molecule is CN(Cc1cscn1)C(=O)c1ncoc1-c1cccs1. The zero-order chi connectivity index (χ0) is 13.9. The van der Waals surface area contributed by atoms with E-state index in [1.54, 1.807) is 17.5 Å². The summed E-state index contributed by atoms with van der Waals surface area (Å²) in [6.45, 7) is 0.457. The molecular formula is C13H11N3O2S2. The van der Waals surface area contributed by atoms with Crippen molar-refractivity contribution in [2.75, 3.05) is 7.05 Å². The first-order valence-corrected chi connectivity index (χ1v) is 7.68. The number of carbonyl (C=O) groups is 1. The number of rotatable bonds is 4. The van der Waals surface area contributed by atoms with Crippen LogP contribution < -0.4 is 0 Å². The fourth-order valence-corrected chi connectivity index (χ4v) is 3.05. The van der Waals surface area contributed by atoms with Crippen molar-refractivity contribution in [2.45, 2.75) is 6.54 Å². The summed E-state index contributed by atoms with van der Waals surface area (Å²) in [5.41, 5.74) is 2.96. The van der Waals surface area contributed by atoms with Crippen LogP contribution in [0.5, 0.6) is 0 Å². The number of amides is 1. The number of thiophene rings is 1. The molecule has 0 bridgehead atoms. The van der Waals surface area contributed by atoms with Crippen LogP contribution in [0.3, 0.4) is 0 Å². The average molecular weight is 305 g/mol. The molecule has 5 nitrogen and oxygen atoms in total. The molecule has 0 saturated heterocycles. The van der Waals surface area contributed by atoms with E-state index in [1.807, 2.05) is 22.9 Å². The highest BCUT2D eigenvalue weighted by Gasteiger charge is 2.22. The van der Waals surface area contributed by atoms with Gasteiger partial charge < -0.3 is 9.32 Å². The minimum absolute atomic E-state index is 0.171. The van der Waals surface area contributed by atoms with E-state index >= 15 is 0 Å². The van der Waals surface area contributed by atoms with E-state index in [-0.39, 0.29) is 5.91 Å². The van der Waals surface area contributed by atoms with E-state index in [9.17, 15) is 4.79 Å². The molecule has 1 amide bonds. The topological polar surface area (TPSA) is 59.2 Å². The molecule has 102 valence electrons. The van der Waals surface area contributed by atoms with Crippen molar-refractivity contribution in [1.82, 2.24) is 14.9 Å². The van der Waals surface area contributed by atoms with Crippen LogP contribution in [0.25, 0.3) is 10.6 Å². The number of hydrogen-bond acceptors (Lipinski definition) is 6. The molecule has 0 unspecified atom stereocenters. The van der Waals surface area contributed by atoms with Crippen LogP contribution >= 0.6 is 22.7 Å². The van der Waals surface area contributed by atoms with Crippen LogP contribution in [0.1, 0.15) is 16.2 Å². The van der Waals surface area contributed by atoms with Gasteiger partial charge >= 0.3 is 0 Å². The summed E-state index contributed by atoms with van der Waals surface area (Å²) in [6.07, 6.45) is 1.30. The van der Waals surface area contributed by atoms with Crippen LogP contribution in [0.15, 0.2) is 39.2 Å². The van der Waals surface area contributed by atoms with Gasteiger partial charge in [0.05, 0.1) is 22.6 Å². The maximum absolute atomic E-state index is 12.4. The second-order valence-electron chi connectivity index (χ2n) is 4.15. The van der Waals surface area contributed by atoms with Crippen molar-refractivity contribution in [3.05, 3.63) is 46.2 Å². The molecule has 0 aliphatic heterocycles. The molecule has 0 radical (unpaired) electrons. The van der Waals surface area contributed by atoms with Gasteiger partial charge in [0.15, 0.2) is 17.8 Å². The maximum Gasteiger partial charge on any atom is 0.276 e. The Morgan fingerprint density at radius 3 is 3.05 bits per heavy atom. The minimum Gasteiger partial charge on any atom is -0.442 e. The van der Waals surface area contributed by atoms with Crippen molar-refractivity contribution in [3.8, 4) is 10.6 Å². The highest BCUT2D eigenvalue weighted by molar-refractivity contribution is 7.13. The number of thiazole rings is 1. The largest absolute Gasteiger partial charge is 0.442 e. The predicted molar refractivity (Wildman–Crippen MR) is 77.7 cm³/mol. The molecule has 0 fully saturated rings. The van der Waals surface area contributed by atoms with E-state index in [0.29, 0.717) is 18.0 Å². The lowest BCUT2D eigenvalue weighted by atomic mass is 10.2. The second kappa shape index (κ2) is 5.56. The first-order valence-electron chi connectivity index (χ1n) is 5.85. The summed E-state index contributed by atoms with van der Waals surface area (Å²) in [6, 6.07) is 3.82. The Labute approximate surface area is 123 Å². The van der Waals surface area contributed by atoms with E-state index in [2.05, 4.69) is 9.97 Å².